The Bertz CT molecular complexity index is 1070. The van der Waals surface area contributed by atoms with Gasteiger partial charge in [0.25, 0.3) is 5.91 Å². The quantitative estimate of drug-likeness (QED) is 0.294. The van der Waals surface area contributed by atoms with Gasteiger partial charge in [0.05, 0.1) is 11.3 Å². The Labute approximate surface area is 195 Å². The number of benzene rings is 1. The van der Waals surface area contributed by atoms with Crippen molar-refractivity contribution in [3.05, 3.63) is 59.2 Å². The second kappa shape index (κ2) is 9.47. The van der Waals surface area contributed by atoms with Crippen molar-refractivity contribution in [1.29, 1.82) is 0 Å². The highest BCUT2D eigenvalue weighted by molar-refractivity contribution is 5.92. The molecule has 0 saturated carbocycles. The molecule has 9 nitrogen and oxygen atoms in total. The molecule has 0 spiro atoms. The lowest BCUT2D eigenvalue weighted by atomic mass is 9.96. The van der Waals surface area contributed by atoms with E-state index in [0.29, 0.717) is 31.3 Å². The number of carbonyl (C=O) groups excluding carboxylic acids is 1. The number of piperidine rings is 1. The van der Waals surface area contributed by atoms with Crippen LogP contribution in [0.15, 0.2) is 42.4 Å². The zero-order chi connectivity index (χ0) is 24.5. The number of fused-ring (bicyclic) bond motifs is 1. The summed E-state index contributed by atoms with van der Waals surface area (Å²) in [4.78, 5) is 25.5. The number of carbonyl (C=O) groups is 1. The van der Waals surface area contributed by atoms with E-state index in [1.54, 1.807) is 11.1 Å². The fourth-order valence-electron chi connectivity index (χ4n) is 4.47. The number of halogens is 3. The maximum Gasteiger partial charge on any atom is 0.416 e. The van der Waals surface area contributed by atoms with Crippen molar-refractivity contribution >= 4 is 17.5 Å². The molecule has 6 N–H and O–H groups in total. The van der Waals surface area contributed by atoms with Gasteiger partial charge in [-0.15, -0.1) is 0 Å². The molecule has 2 aromatic rings. The molecule has 2 aliphatic heterocycles. The van der Waals surface area contributed by atoms with E-state index in [0.717, 1.165) is 36.2 Å². The van der Waals surface area contributed by atoms with Gasteiger partial charge in [0.1, 0.15) is 5.70 Å². The van der Waals surface area contributed by atoms with Gasteiger partial charge in [0.2, 0.25) is 5.95 Å². The van der Waals surface area contributed by atoms with Crippen LogP contribution in [0, 0.1) is 0 Å². The number of alkyl halides is 3. The first-order valence-corrected chi connectivity index (χ1v) is 10.9. The molecule has 2 aliphatic rings. The van der Waals surface area contributed by atoms with Crippen LogP contribution < -0.4 is 22.3 Å². The molecule has 0 bridgehead atoms. The van der Waals surface area contributed by atoms with Crippen molar-refractivity contribution in [3.63, 3.8) is 0 Å². The lowest BCUT2D eigenvalue weighted by molar-refractivity contribution is -0.137. The van der Waals surface area contributed by atoms with Crippen molar-refractivity contribution < 1.29 is 18.0 Å². The lowest BCUT2D eigenvalue weighted by Crippen LogP contribution is -2.51. The van der Waals surface area contributed by atoms with Crippen LogP contribution in [0.25, 0.3) is 0 Å². The molecule has 4 rings (SSSR count). The highest BCUT2D eigenvalue weighted by Gasteiger charge is 2.35. The van der Waals surface area contributed by atoms with Crippen LogP contribution in [0.1, 0.15) is 36.6 Å². The maximum atomic E-state index is 12.8. The summed E-state index contributed by atoms with van der Waals surface area (Å²) in [5.74, 6) is 5.31. The van der Waals surface area contributed by atoms with Gasteiger partial charge in [-0.05, 0) is 44.0 Å². The second-order valence-electron chi connectivity index (χ2n) is 8.56. The minimum absolute atomic E-state index is 0.0164. The summed E-state index contributed by atoms with van der Waals surface area (Å²) in [5.41, 5.74) is 9.81. The second-order valence-corrected chi connectivity index (χ2v) is 8.56. The van der Waals surface area contributed by atoms with Crippen LogP contribution >= 0.6 is 0 Å². The number of amides is 1. The van der Waals surface area contributed by atoms with E-state index in [4.69, 9.17) is 11.6 Å². The summed E-state index contributed by atoms with van der Waals surface area (Å²) in [7, 11) is 0. The van der Waals surface area contributed by atoms with Gasteiger partial charge in [-0.2, -0.15) is 13.2 Å². The Morgan fingerprint density at radius 3 is 2.62 bits per heavy atom. The van der Waals surface area contributed by atoms with Gasteiger partial charge in [-0.3, -0.25) is 15.5 Å². The summed E-state index contributed by atoms with van der Waals surface area (Å²) in [6.45, 7) is 3.94. The van der Waals surface area contributed by atoms with Gasteiger partial charge in [0, 0.05) is 55.4 Å². The zero-order valence-electron chi connectivity index (χ0n) is 18.6. The summed E-state index contributed by atoms with van der Waals surface area (Å²) in [6, 6.07) is 5.04. The zero-order valence-corrected chi connectivity index (χ0v) is 18.6. The third kappa shape index (κ3) is 5.07. The highest BCUT2D eigenvalue weighted by Crippen LogP contribution is 2.32. The van der Waals surface area contributed by atoms with E-state index in [1.165, 1.54) is 18.3 Å². The molecule has 182 valence electrons. The summed E-state index contributed by atoms with van der Waals surface area (Å²) in [5, 5.41) is 2.97. The minimum atomic E-state index is -4.38. The summed E-state index contributed by atoms with van der Waals surface area (Å²) < 4.78 is 38.3. The number of likely N-dealkylation sites (tertiary alicyclic amines) is 1. The van der Waals surface area contributed by atoms with E-state index in [9.17, 15) is 18.0 Å². The van der Waals surface area contributed by atoms with Crippen molar-refractivity contribution in [2.45, 2.75) is 51.1 Å². The summed E-state index contributed by atoms with van der Waals surface area (Å²) >= 11 is 0. The van der Waals surface area contributed by atoms with Crippen molar-refractivity contribution in [2.75, 3.05) is 11.9 Å². The number of aromatic nitrogens is 2. The molecule has 12 heteroatoms. The molecule has 1 fully saturated rings. The SMILES string of the molecule is C[C@@H]1C[C@H](N2Cc3cnc(Nc4ccc(C(F)(F)F)cc4)nc3C2)CCN1C(=O)/C(N)=C/NN. The average molecular weight is 477 g/mol. The van der Waals surface area contributed by atoms with Gasteiger partial charge in [-0.25, -0.2) is 9.97 Å². The molecule has 34 heavy (non-hydrogen) atoms. The van der Waals surface area contributed by atoms with Crippen molar-refractivity contribution in [1.82, 2.24) is 25.2 Å². The van der Waals surface area contributed by atoms with E-state index in [1.807, 2.05) is 6.92 Å². The van der Waals surface area contributed by atoms with E-state index < -0.39 is 11.7 Å². The predicted molar refractivity (Wildman–Crippen MR) is 120 cm³/mol. The van der Waals surface area contributed by atoms with Crippen LogP contribution in [0.3, 0.4) is 0 Å². The van der Waals surface area contributed by atoms with Crippen molar-refractivity contribution in [2.24, 2.45) is 11.6 Å². The molecular weight excluding hydrogens is 449 g/mol. The smallest absolute Gasteiger partial charge is 0.393 e. The van der Waals surface area contributed by atoms with Crippen LogP contribution in [-0.2, 0) is 24.1 Å². The Morgan fingerprint density at radius 2 is 1.97 bits per heavy atom. The fourth-order valence-corrected chi connectivity index (χ4v) is 4.47. The number of nitrogens with one attached hydrogen (secondary N) is 2. The number of nitrogens with zero attached hydrogens (tertiary/aromatic N) is 4. The molecule has 2 atom stereocenters. The van der Waals surface area contributed by atoms with Crippen LogP contribution in [0.5, 0.6) is 0 Å². The first-order valence-electron chi connectivity index (χ1n) is 10.9. The standard InChI is InChI=1S/C22H27F3N8O/c1-13-8-17(6-7-33(13)20(34)18(26)10-29-27)32-11-14-9-28-21(31-19(14)12-32)30-16-4-2-15(3-5-16)22(23,24)25/h2-5,9-10,13,17,29H,6-8,11-12,26-27H2,1H3,(H,28,30,31)/b18-10-/t13-,17-/m1/s1. The third-order valence-electron chi connectivity index (χ3n) is 6.26. The lowest BCUT2D eigenvalue weighted by Gasteiger charge is -2.41. The molecule has 3 heterocycles. The van der Waals surface area contributed by atoms with E-state index in [-0.39, 0.29) is 23.7 Å². The number of hydrogen-bond acceptors (Lipinski definition) is 8. The molecule has 0 unspecified atom stereocenters. The molecule has 1 aromatic heterocycles. The third-order valence-corrected chi connectivity index (χ3v) is 6.26. The topological polar surface area (TPSA) is 125 Å². The largest absolute Gasteiger partial charge is 0.416 e. The normalized spacial score (nSPS) is 21.3. The monoisotopic (exact) mass is 476 g/mol. The van der Waals surface area contributed by atoms with Gasteiger partial charge in [0.15, 0.2) is 0 Å². The first-order chi connectivity index (χ1) is 16.2. The van der Waals surface area contributed by atoms with Crippen LogP contribution in [0.4, 0.5) is 24.8 Å². The number of rotatable bonds is 5. The van der Waals surface area contributed by atoms with E-state index in [2.05, 4.69) is 25.6 Å². The van der Waals surface area contributed by atoms with Crippen LogP contribution in [0.2, 0.25) is 0 Å². The van der Waals surface area contributed by atoms with E-state index >= 15 is 0 Å². The fraction of sp³-hybridized carbons (Fsp3) is 0.409. The Hall–Kier alpha value is -3.38. The first kappa shape index (κ1) is 23.8. The molecular formula is C22H27F3N8O. The molecule has 0 aliphatic carbocycles. The Balaban J connectivity index is 1.37. The highest BCUT2D eigenvalue weighted by atomic mass is 19.4. The average Bonchev–Trinajstić information content (AvgIpc) is 3.22. The number of hydrogen-bond donors (Lipinski definition) is 4. The van der Waals surface area contributed by atoms with Crippen LogP contribution in [-0.4, -0.2) is 44.3 Å². The number of nitrogens with two attached hydrogens (primary N) is 2. The van der Waals surface area contributed by atoms with Crippen molar-refractivity contribution in [3.8, 4) is 0 Å². The van der Waals surface area contributed by atoms with Gasteiger partial charge < -0.3 is 21.4 Å². The molecule has 1 amide bonds. The number of hydrazine groups is 1. The molecule has 1 aromatic carbocycles. The van der Waals surface area contributed by atoms with Gasteiger partial charge >= 0.3 is 6.18 Å². The molecule has 1 saturated heterocycles. The Morgan fingerprint density at radius 1 is 1.24 bits per heavy atom. The summed E-state index contributed by atoms with van der Waals surface area (Å²) in [6.07, 6.45) is 0.262. The minimum Gasteiger partial charge on any atom is -0.393 e. The number of anilines is 2. The molecule has 0 radical (unpaired) electrons. The van der Waals surface area contributed by atoms with Gasteiger partial charge in [-0.1, -0.05) is 0 Å². The maximum absolute atomic E-state index is 12.8. The predicted octanol–water partition coefficient (Wildman–Crippen LogP) is 2.20. The Kier molecular flexibility index (Phi) is 6.62.